The zero-order chi connectivity index (χ0) is 13.0. The summed E-state index contributed by atoms with van der Waals surface area (Å²) in [5, 5.41) is 13.1. The molecule has 2 aromatic rings. The number of aliphatic hydroxyl groups excluding tert-OH is 1. The third kappa shape index (κ3) is 2.91. The lowest BCUT2D eigenvalue weighted by Crippen LogP contribution is -2.24. The molecule has 18 heavy (non-hydrogen) atoms. The van der Waals surface area contributed by atoms with Crippen molar-refractivity contribution < 1.29 is 14.2 Å². The molecule has 1 heterocycles. The Morgan fingerprint density at radius 3 is 3.06 bits per heavy atom. The fourth-order valence-corrected chi connectivity index (χ4v) is 1.64. The van der Waals surface area contributed by atoms with Gasteiger partial charge >= 0.3 is 0 Å². The van der Waals surface area contributed by atoms with Crippen LogP contribution in [0.3, 0.4) is 0 Å². The molecule has 1 atom stereocenters. The molecule has 0 spiro atoms. The quantitative estimate of drug-likeness (QED) is 0.835. The fourth-order valence-electron chi connectivity index (χ4n) is 1.64. The highest BCUT2D eigenvalue weighted by Crippen LogP contribution is 2.19. The Morgan fingerprint density at radius 2 is 2.28 bits per heavy atom. The number of hydrogen-bond donors (Lipinski definition) is 2. The van der Waals surface area contributed by atoms with E-state index in [-0.39, 0.29) is 19.0 Å². The summed E-state index contributed by atoms with van der Waals surface area (Å²) in [6, 6.07) is 4.29. The van der Waals surface area contributed by atoms with Crippen LogP contribution in [0.5, 0.6) is 0 Å². The van der Waals surface area contributed by atoms with Crippen molar-refractivity contribution in [1.29, 1.82) is 0 Å². The second kappa shape index (κ2) is 5.70. The largest absolute Gasteiger partial charge is 0.389 e. The van der Waals surface area contributed by atoms with Crippen molar-refractivity contribution in [2.24, 2.45) is 0 Å². The molecule has 2 rings (SSSR count). The third-order valence-electron chi connectivity index (χ3n) is 2.46. The molecule has 96 valence electrons. The molecule has 0 aliphatic carbocycles. The maximum absolute atomic E-state index is 13.2. The monoisotopic (exact) mass is 251 g/mol. The van der Waals surface area contributed by atoms with Crippen LogP contribution in [0.4, 0.5) is 10.2 Å². The molecule has 6 heteroatoms. The summed E-state index contributed by atoms with van der Waals surface area (Å²) in [5.74, 6) is 0.146. The molecule has 0 saturated carbocycles. The molecule has 1 aromatic carbocycles. The van der Waals surface area contributed by atoms with Crippen LogP contribution in [0.2, 0.25) is 0 Å². The van der Waals surface area contributed by atoms with Gasteiger partial charge in [0, 0.05) is 19.0 Å². The number of aromatic nitrogens is 2. The van der Waals surface area contributed by atoms with E-state index in [9.17, 15) is 9.50 Å². The van der Waals surface area contributed by atoms with Crippen LogP contribution in [0.15, 0.2) is 24.5 Å². The van der Waals surface area contributed by atoms with E-state index in [1.807, 2.05) is 0 Å². The van der Waals surface area contributed by atoms with Crippen LogP contribution in [0.25, 0.3) is 10.9 Å². The van der Waals surface area contributed by atoms with Gasteiger partial charge < -0.3 is 15.2 Å². The lowest BCUT2D eigenvalue weighted by Gasteiger charge is -2.12. The van der Waals surface area contributed by atoms with E-state index in [1.54, 1.807) is 6.07 Å². The molecule has 1 aromatic heterocycles. The van der Waals surface area contributed by atoms with Crippen LogP contribution in [-0.4, -0.2) is 41.4 Å². The molecule has 0 bridgehead atoms. The van der Waals surface area contributed by atoms with Gasteiger partial charge in [-0.15, -0.1) is 0 Å². The van der Waals surface area contributed by atoms with Gasteiger partial charge in [0.05, 0.1) is 18.2 Å². The minimum absolute atomic E-state index is 0.227. The molecular formula is C12H14FN3O2. The van der Waals surface area contributed by atoms with Crippen molar-refractivity contribution in [2.45, 2.75) is 6.10 Å². The lowest BCUT2D eigenvalue weighted by atomic mass is 10.2. The minimum Gasteiger partial charge on any atom is -0.389 e. The molecular weight excluding hydrogens is 237 g/mol. The van der Waals surface area contributed by atoms with E-state index in [0.717, 1.165) is 0 Å². The van der Waals surface area contributed by atoms with Crippen LogP contribution < -0.4 is 5.32 Å². The topological polar surface area (TPSA) is 67.3 Å². The second-order valence-electron chi connectivity index (χ2n) is 3.87. The first-order chi connectivity index (χ1) is 8.70. The molecule has 0 fully saturated rings. The van der Waals surface area contributed by atoms with Crippen molar-refractivity contribution in [3.63, 3.8) is 0 Å². The number of fused-ring (bicyclic) bond motifs is 1. The van der Waals surface area contributed by atoms with Crippen LogP contribution in [-0.2, 0) is 4.74 Å². The van der Waals surface area contributed by atoms with Crippen molar-refractivity contribution in [2.75, 3.05) is 25.6 Å². The number of nitrogens with one attached hydrogen (secondary N) is 1. The van der Waals surface area contributed by atoms with Crippen molar-refractivity contribution >= 4 is 16.7 Å². The number of ether oxygens (including phenoxy) is 1. The molecule has 1 unspecified atom stereocenters. The summed E-state index contributed by atoms with van der Waals surface area (Å²) < 4.78 is 18.0. The second-order valence-corrected chi connectivity index (χ2v) is 3.87. The molecule has 0 radical (unpaired) electrons. The summed E-state index contributed by atoms with van der Waals surface area (Å²) in [6.07, 6.45) is 0.749. The first kappa shape index (κ1) is 12.7. The number of hydrogen-bond acceptors (Lipinski definition) is 5. The zero-order valence-electron chi connectivity index (χ0n) is 9.93. The maximum Gasteiger partial charge on any atom is 0.137 e. The van der Waals surface area contributed by atoms with Crippen LogP contribution in [0.1, 0.15) is 0 Å². The lowest BCUT2D eigenvalue weighted by molar-refractivity contribution is 0.0727. The average molecular weight is 251 g/mol. The van der Waals surface area contributed by atoms with Crippen molar-refractivity contribution in [1.82, 2.24) is 9.97 Å². The SMILES string of the molecule is COCC(O)CNc1ncnc2ccc(F)cc12. The Bertz CT molecular complexity index is 536. The van der Waals surface area contributed by atoms with Gasteiger partial charge in [0.25, 0.3) is 0 Å². The first-order valence-electron chi connectivity index (χ1n) is 5.52. The van der Waals surface area contributed by atoms with Gasteiger partial charge in [0.2, 0.25) is 0 Å². The molecule has 0 aliphatic rings. The Hall–Kier alpha value is -1.79. The highest BCUT2D eigenvalue weighted by atomic mass is 19.1. The van der Waals surface area contributed by atoms with Crippen LogP contribution >= 0.6 is 0 Å². The van der Waals surface area contributed by atoms with E-state index in [4.69, 9.17) is 4.74 Å². The van der Waals surface area contributed by atoms with Gasteiger partial charge in [0.1, 0.15) is 18.0 Å². The maximum atomic E-state index is 13.2. The Labute approximate surface area is 104 Å². The fraction of sp³-hybridized carbons (Fsp3) is 0.333. The van der Waals surface area contributed by atoms with Gasteiger partial charge in [-0.1, -0.05) is 0 Å². The van der Waals surface area contributed by atoms with E-state index in [0.29, 0.717) is 16.7 Å². The molecule has 5 nitrogen and oxygen atoms in total. The molecule has 0 amide bonds. The van der Waals surface area contributed by atoms with Gasteiger partial charge in [0.15, 0.2) is 0 Å². The molecule has 2 N–H and O–H groups in total. The molecule has 0 aliphatic heterocycles. The summed E-state index contributed by atoms with van der Waals surface area (Å²) >= 11 is 0. The van der Waals surface area contributed by atoms with E-state index < -0.39 is 6.10 Å². The van der Waals surface area contributed by atoms with Gasteiger partial charge in [-0.3, -0.25) is 0 Å². The summed E-state index contributed by atoms with van der Waals surface area (Å²) in [4.78, 5) is 8.08. The van der Waals surface area contributed by atoms with E-state index in [1.165, 1.54) is 25.6 Å². The van der Waals surface area contributed by atoms with Crippen LogP contribution in [0, 0.1) is 5.82 Å². The summed E-state index contributed by atoms with van der Waals surface area (Å²) in [7, 11) is 1.51. The van der Waals surface area contributed by atoms with Gasteiger partial charge in [-0.2, -0.15) is 0 Å². The smallest absolute Gasteiger partial charge is 0.137 e. The zero-order valence-corrected chi connectivity index (χ0v) is 9.93. The van der Waals surface area contributed by atoms with Crippen molar-refractivity contribution in [3.05, 3.63) is 30.3 Å². The number of aliphatic hydroxyl groups is 1. The van der Waals surface area contributed by atoms with E-state index in [2.05, 4.69) is 15.3 Å². The third-order valence-corrected chi connectivity index (χ3v) is 2.46. The number of rotatable bonds is 5. The standard InChI is InChI=1S/C12H14FN3O2/c1-18-6-9(17)5-14-12-10-4-8(13)2-3-11(10)15-7-16-12/h2-4,7,9,17H,5-6H2,1H3,(H,14,15,16). The highest BCUT2D eigenvalue weighted by molar-refractivity contribution is 5.88. The summed E-state index contributed by atoms with van der Waals surface area (Å²) in [5.41, 5.74) is 0.648. The van der Waals surface area contributed by atoms with Crippen molar-refractivity contribution in [3.8, 4) is 0 Å². The Balaban J connectivity index is 2.19. The number of nitrogens with zero attached hydrogens (tertiary/aromatic N) is 2. The van der Waals surface area contributed by atoms with Gasteiger partial charge in [-0.25, -0.2) is 14.4 Å². The number of halogens is 1. The number of anilines is 1. The number of methoxy groups -OCH3 is 1. The van der Waals surface area contributed by atoms with Gasteiger partial charge in [-0.05, 0) is 18.2 Å². The Morgan fingerprint density at radius 1 is 1.44 bits per heavy atom. The minimum atomic E-state index is -0.645. The highest BCUT2D eigenvalue weighted by Gasteiger charge is 2.07. The summed E-state index contributed by atoms with van der Waals surface area (Å²) in [6.45, 7) is 0.501. The first-order valence-corrected chi connectivity index (χ1v) is 5.52. The Kier molecular flexibility index (Phi) is 4.01. The average Bonchev–Trinajstić information content (AvgIpc) is 2.36. The number of benzene rings is 1. The predicted octanol–water partition coefficient (Wildman–Crippen LogP) is 1.19. The molecule has 0 saturated heterocycles. The normalized spacial score (nSPS) is 12.6. The predicted molar refractivity (Wildman–Crippen MR) is 65.9 cm³/mol. The van der Waals surface area contributed by atoms with E-state index >= 15 is 0 Å².